The molecule has 1 fully saturated rings. The predicted molar refractivity (Wildman–Crippen MR) is 59.4 cm³/mol. The fraction of sp³-hybridized carbons (Fsp3) is 0.538. The maximum absolute atomic E-state index is 6.08. The van der Waals surface area contributed by atoms with Gasteiger partial charge in [-0.15, -0.1) is 0 Å². The molecule has 80 valence electrons. The summed E-state index contributed by atoms with van der Waals surface area (Å²) in [5, 5.41) is 0. The molecular formula is C13H17NO. The smallest absolute Gasteiger partial charge is 0.0725 e. The number of nitrogens with two attached hydrogens (primary N) is 1. The van der Waals surface area contributed by atoms with E-state index in [0.29, 0.717) is 0 Å². The zero-order valence-corrected chi connectivity index (χ0v) is 8.96. The highest BCUT2D eigenvalue weighted by Gasteiger charge is 2.37. The maximum atomic E-state index is 6.08. The Labute approximate surface area is 90.4 Å². The van der Waals surface area contributed by atoms with Crippen molar-refractivity contribution in [2.45, 2.75) is 44.4 Å². The van der Waals surface area contributed by atoms with Gasteiger partial charge in [0.25, 0.3) is 0 Å². The Hall–Kier alpha value is -0.860. The molecule has 1 saturated carbocycles. The summed E-state index contributed by atoms with van der Waals surface area (Å²) in [4.78, 5) is 0. The lowest BCUT2D eigenvalue weighted by atomic mass is 10.0. The number of ether oxygens (including phenoxy) is 1. The summed E-state index contributed by atoms with van der Waals surface area (Å²) < 4.78 is 5.40. The monoisotopic (exact) mass is 203 g/mol. The van der Waals surface area contributed by atoms with E-state index in [1.807, 2.05) is 0 Å². The van der Waals surface area contributed by atoms with Crippen molar-refractivity contribution in [1.29, 1.82) is 0 Å². The van der Waals surface area contributed by atoms with Crippen LogP contribution < -0.4 is 5.73 Å². The summed E-state index contributed by atoms with van der Waals surface area (Å²) in [6, 6.07) is 6.71. The molecule has 0 spiro atoms. The lowest BCUT2D eigenvalue weighted by molar-refractivity contribution is 0.134. The van der Waals surface area contributed by atoms with Crippen LogP contribution in [-0.2, 0) is 24.4 Å². The average molecular weight is 203 g/mol. The number of rotatable bonds is 3. The number of hydrogen-bond acceptors (Lipinski definition) is 2. The Balaban J connectivity index is 1.70. The molecule has 1 heterocycles. The van der Waals surface area contributed by atoms with Crippen LogP contribution in [0.2, 0.25) is 0 Å². The second-order valence-electron chi connectivity index (χ2n) is 4.96. The van der Waals surface area contributed by atoms with Crippen LogP contribution >= 0.6 is 0 Å². The lowest BCUT2D eigenvalue weighted by Crippen LogP contribution is -2.22. The molecule has 1 aliphatic heterocycles. The Morgan fingerprint density at radius 1 is 1.20 bits per heavy atom. The van der Waals surface area contributed by atoms with Crippen LogP contribution in [0.1, 0.15) is 36.0 Å². The van der Waals surface area contributed by atoms with Crippen molar-refractivity contribution in [1.82, 2.24) is 0 Å². The van der Waals surface area contributed by atoms with Gasteiger partial charge in [-0.1, -0.05) is 18.2 Å². The average Bonchev–Trinajstić information content (AvgIpc) is 2.80. The molecule has 2 aliphatic rings. The van der Waals surface area contributed by atoms with Crippen molar-refractivity contribution in [2.75, 3.05) is 0 Å². The Bertz CT molecular complexity index is 382. The van der Waals surface area contributed by atoms with E-state index in [1.165, 1.54) is 29.5 Å². The zero-order valence-electron chi connectivity index (χ0n) is 8.96. The van der Waals surface area contributed by atoms with Gasteiger partial charge in [0.1, 0.15) is 0 Å². The molecule has 0 radical (unpaired) electrons. The first kappa shape index (κ1) is 9.37. The van der Waals surface area contributed by atoms with Gasteiger partial charge in [0, 0.05) is 5.54 Å². The molecule has 0 bridgehead atoms. The van der Waals surface area contributed by atoms with Crippen LogP contribution in [0.5, 0.6) is 0 Å². The third-order valence-electron chi connectivity index (χ3n) is 3.59. The highest BCUT2D eigenvalue weighted by atomic mass is 16.5. The molecule has 0 saturated heterocycles. The van der Waals surface area contributed by atoms with Crippen molar-refractivity contribution in [3.05, 3.63) is 34.9 Å². The van der Waals surface area contributed by atoms with E-state index in [2.05, 4.69) is 18.2 Å². The van der Waals surface area contributed by atoms with Gasteiger partial charge >= 0.3 is 0 Å². The molecule has 3 rings (SSSR count). The molecule has 2 nitrogen and oxygen atoms in total. The Kier molecular flexibility index (Phi) is 2.08. The molecule has 0 amide bonds. The first-order chi connectivity index (χ1) is 7.25. The Morgan fingerprint density at radius 3 is 2.80 bits per heavy atom. The number of fused-ring (bicyclic) bond motifs is 1. The predicted octanol–water partition coefficient (Wildman–Crippen LogP) is 2.14. The van der Waals surface area contributed by atoms with Crippen LogP contribution in [-0.4, -0.2) is 5.54 Å². The molecule has 0 atom stereocenters. The fourth-order valence-corrected chi connectivity index (χ4v) is 2.18. The quantitative estimate of drug-likeness (QED) is 0.817. The van der Waals surface area contributed by atoms with Crippen molar-refractivity contribution in [2.24, 2.45) is 5.73 Å². The molecule has 1 aliphatic carbocycles. The van der Waals surface area contributed by atoms with E-state index in [4.69, 9.17) is 10.5 Å². The van der Waals surface area contributed by atoms with Crippen molar-refractivity contribution in [3.8, 4) is 0 Å². The molecule has 2 heteroatoms. The minimum atomic E-state index is 0.176. The van der Waals surface area contributed by atoms with E-state index >= 15 is 0 Å². The van der Waals surface area contributed by atoms with Crippen LogP contribution in [0.4, 0.5) is 0 Å². The van der Waals surface area contributed by atoms with Gasteiger partial charge in [0.2, 0.25) is 0 Å². The molecule has 1 aromatic rings. The van der Waals surface area contributed by atoms with Crippen molar-refractivity contribution >= 4 is 0 Å². The highest BCUT2D eigenvalue weighted by molar-refractivity contribution is 5.33. The van der Waals surface area contributed by atoms with Crippen LogP contribution in [0.15, 0.2) is 18.2 Å². The fourth-order valence-electron chi connectivity index (χ4n) is 2.18. The first-order valence-electron chi connectivity index (χ1n) is 5.73. The minimum absolute atomic E-state index is 0.176. The van der Waals surface area contributed by atoms with Gasteiger partial charge in [-0.05, 0) is 42.4 Å². The third kappa shape index (κ3) is 1.92. The Morgan fingerprint density at radius 2 is 2.00 bits per heavy atom. The summed E-state index contributed by atoms with van der Waals surface area (Å²) in [7, 11) is 0. The number of hydrogen-bond donors (Lipinski definition) is 1. The van der Waals surface area contributed by atoms with Crippen molar-refractivity contribution in [3.63, 3.8) is 0 Å². The maximum Gasteiger partial charge on any atom is 0.0725 e. The second-order valence-corrected chi connectivity index (χ2v) is 4.96. The van der Waals surface area contributed by atoms with Gasteiger partial charge in [-0.3, -0.25) is 0 Å². The zero-order chi connectivity index (χ0) is 10.3. The second kappa shape index (κ2) is 3.32. The van der Waals surface area contributed by atoms with Gasteiger partial charge in [0.15, 0.2) is 0 Å². The first-order valence-corrected chi connectivity index (χ1v) is 5.73. The summed E-state index contributed by atoms with van der Waals surface area (Å²) in [6.07, 6.45) is 4.67. The SMILES string of the molecule is NC1(CCc2ccc3c(c2)COC3)CC1. The van der Waals surface area contributed by atoms with Crippen LogP contribution in [0.25, 0.3) is 0 Å². The summed E-state index contributed by atoms with van der Waals surface area (Å²) in [5.74, 6) is 0. The number of aryl methyl sites for hydroxylation is 1. The molecule has 2 N–H and O–H groups in total. The van der Waals surface area contributed by atoms with Crippen molar-refractivity contribution < 1.29 is 4.74 Å². The molecule has 15 heavy (non-hydrogen) atoms. The van der Waals surface area contributed by atoms with Gasteiger partial charge in [-0.25, -0.2) is 0 Å². The lowest BCUT2D eigenvalue weighted by Gasteiger charge is -2.08. The van der Waals surface area contributed by atoms with Crippen LogP contribution in [0, 0.1) is 0 Å². The topological polar surface area (TPSA) is 35.2 Å². The van der Waals surface area contributed by atoms with Gasteiger partial charge in [0.05, 0.1) is 13.2 Å². The van der Waals surface area contributed by atoms with Gasteiger partial charge < -0.3 is 10.5 Å². The van der Waals surface area contributed by atoms with E-state index < -0.39 is 0 Å². The number of benzene rings is 1. The van der Waals surface area contributed by atoms with E-state index in [-0.39, 0.29) is 5.54 Å². The normalized spacial score (nSPS) is 21.4. The summed E-state index contributed by atoms with van der Waals surface area (Å²) in [6.45, 7) is 1.58. The van der Waals surface area contributed by atoms with E-state index in [1.54, 1.807) is 0 Å². The molecule has 0 unspecified atom stereocenters. The van der Waals surface area contributed by atoms with E-state index in [9.17, 15) is 0 Å². The molecule has 0 aromatic heterocycles. The van der Waals surface area contributed by atoms with E-state index in [0.717, 1.165) is 26.1 Å². The summed E-state index contributed by atoms with van der Waals surface area (Å²) in [5.41, 5.74) is 10.4. The minimum Gasteiger partial charge on any atom is -0.372 e. The third-order valence-corrected chi connectivity index (χ3v) is 3.59. The summed E-state index contributed by atoms with van der Waals surface area (Å²) >= 11 is 0. The van der Waals surface area contributed by atoms with Gasteiger partial charge in [-0.2, -0.15) is 0 Å². The standard InChI is InChI=1S/C13H17NO/c14-13(5-6-13)4-3-10-1-2-11-8-15-9-12(11)7-10/h1-2,7H,3-6,8-9,14H2. The highest BCUT2D eigenvalue weighted by Crippen LogP contribution is 2.36. The molecule has 1 aromatic carbocycles. The van der Waals surface area contributed by atoms with Crippen LogP contribution in [0.3, 0.4) is 0 Å². The molecular weight excluding hydrogens is 186 g/mol. The largest absolute Gasteiger partial charge is 0.372 e.